The second-order valence-electron chi connectivity index (χ2n) is 7.89. The lowest BCUT2D eigenvalue weighted by molar-refractivity contribution is -0.118. The van der Waals surface area contributed by atoms with Crippen molar-refractivity contribution in [2.24, 2.45) is 5.10 Å². The van der Waals surface area contributed by atoms with Gasteiger partial charge >= 0.3 is 0 Å². The highest BCUT2D eigenvalue weighted by Gasteiger charge is 2.16. The number of thioether (sulfide) groups is 1. The highest BCUT2D eigenvalue weighted by Crippen LogP contribution is 2.39. The second kappa shape index (κ2) is 11.6. The first-order chi connectivity index (χ1) is 18.0. The molecular formula is C27H26N4O5S. The second-order valence-corrected chi connectivity index (χ2v) is 8.84. The maximum Gasteiger partial charge on any atom is 0.266 e. The molecule has 1 N–H and O–H groups in total. The summed E-state index contributed by atoms with van der Waals surface area (Å²) in [7, 11) is 4.55. The number of ether oxygens (including phenoxy) is 3. The van der Waals surface area contributed by atoms with Gasteiger partial charge in [-0.25, -0.2) is 10.4 Å². The van der Waals surface area contributed by atoms with Crippen LogP contribution in [-0.2, 0) is 4.79 Å². The number of nitrogens with one attached hydrogen (secondary N) is 1. The summed E-state index contributed by atoms with van der Waals surface area (Å²) in [6, 6.07) is 18.2. The fourth-order valence-corrected chi connectivity index (χ4v) is 4.50. The number of nitrogens with zero attached hydrogens (tertiary/aromatic N) is 3. The Morgan fingerprint density at radius 1 is 1.00 bits per heavy atom. The predicted molar refractivity (Wildman–Crippen MR) is 145 cm³/mol. The van der Waals surface area contributed by atoms with Gasteiger partial charge < -0.3 is 14.2 Å². The van der Waals surface area contributed by atoms with E-state index in [9.17, 15) is 9.59 Å². The number of fused-ring (bicyclic) bond motifs is 1. The van der Waals surface area contributed by atoms with E-state index in [4.69, 9.17) is 14.2 Å². The molecule has 0 saturated heterocycles. The van der Waals surface area contributed by atoms with Crippen LogP contribution in [0.4, 0.5) is 0 Å². The summed E-state index contributed by atoms with van der Waals surface area (Å²) in [5, 5.41) is 4.96. The van der Waals surface area contributed by atoms with E-state index in [1.165, 1.54) is 32.1 Å². The summed E-state index contributed by atoms with van der Waals surface area (Å²) in [5.41, 5.74) is 5.22. The Morgan fingerprint density at radius 3 is 2.43 bits per heavy atom. The van der Waals surface area contributed by atoms with E-state index in [2.05, 4.69) is 15.5 Å². The third-order valence-corrected chi connectivity index (χ3v) is 6.44. The number of aryl methyl sites for hydroxylation is 1. The molecule has 0 aliphatic heterocycles. The molecule has 0 aliphatic rings. The standard InChI is InChI=1S/C27H26N4O5S/c1-17-9-12-19(13-10-17)31-26(33)20-7-5-6-8-21(20)29-27(31)37-16-23(32)30-28-15-18-11-14-22(34-2)25(36-4)24(18)35-3/h5-15H,16H2,1-4H3,(H,30,32). The topological polar surface area (TPSA) is 104 Å². The number of hydrazone groups is 1. The number of benzene rings is 3. The maximum atomic E-state index is 13.3. The van der Waals surface area contributed by atoms with Crippen molar-refractivity contribution in [3.63, 3.8) is 0 Å². The van der Waals surface area contributed by atoms with Crippen LogP contribution in [0.1, 0.15) is 11.1 Å². The van der Waals surface area contributed by atoms with Crippen LogP contribution in [0.5, 0.6) is 17.2 Å². The predicted octanol–water partition coefficient (Wildman–Crippen LogP) is 3.96. The van der Waals surface area contributed by atoms with Crippen LogP contribution in [0.3, 0.4) is 0 Å². The van der Waals surface area contributed by atoms with E-state index in [1.54, 1.807) is 30.3 Å². The van der Waals surface area contributed by atoms with Crippen molar-refractivity contribution in [3.05, 3.63) is 82.1 Å². The Kier molecular flexibility index (Phi) is 8.09. The fourth-order valence-electron chi connectivity index (χ4n) is 3.69. The summed E-state index contributed by atoms with van der Waals surface area (Å²) >= 11 is 1.15. The zero-order valence-corrected chi connectivity index (χ0v) is 21.7. The van der Waals surface area contributed by atoms with Gasteiger partial charge in [-0.1, -0.05) is 41.6 Å². The number of rotatable bonds is 9. The number of hydrogen-bond acceptors (Lipinski definition) is 8. The molecule has 0 spiro atoms. The molecule has 10 heteroatoms. The van der Waals surface area contributed by atoms with Crippen LogP contribution < -0.4 is 25.2 Å². The van der Waals surface area contributed by atoms with Gasteiger partial charge in [0.1, 0.15) is 0 Å². The molecule has 37 heavy (non-hydrogen) atoms. The van der Waals surface area contributed by atoms with E-state index < -0.39 is 0 Å². The van der Waals surface area contributed by atoms with Crippen molar-refractivity contribution in [2.75, 3.05) is 27.1 Å². The van der Waals surface area contributed by atoms with Crippen molar-refractivity contribution >= 4 is 34.8 Å². The first kappa shape index (κ1) is 25.8. The fraction of sp³-hybridized carbons (Fsp3) is 0.185. The molecular weight excluding hydrogens is 492 g/mol. The highest BCUT2D eigenvalue weighted by atomic mass is 32.2. The third-order valence-electron chi connectivity index (χ3n) is 5.50. The van der Waals surface area contributed by atoms with E-state index in [-0.39, 0.29) is 17.2 Å². The van der Waals surface area contributed by atoms with Crippen molar-refractivity contribution in [1.82, 2.24) is 15.0 Å². The SMILES string of the molecule is COc1ccc(C=NNC(=O)CSc2nc3ccccc3c(=O)n2-c2ccc(C)cc2)c(OC)c1OC. The third kappa shape index (κ3) is 5.59. The maximum absolute atomic E-state index is 13.3. The van der Waals surface area contributed by atoms with Gasteiger partial charge in [-0.15, -0.1) is 0 Å². The van der Waals surface area contributed by atoms with E-state index >= 15 is 0 Å². The summed E-state index contributed by atoms with van der Waals surface area (Å²) in [4.78, 5) is 30.6. The van der Waals surface area contributed by atoms with Crippen LogP contribution in [-0.4, -0.2) is 48.8 Å². The summed E-state index contributed by atoms with van der Waals surface area (Å²) in [5.74, 6) is 0.999. The molecule has 0 saturated carbocycles. The molecule has 0 radical (unpaired) electrons. The Balaban J connectivity index is 1.54. The number of methoxy groups -OCH3 is 3. The van der Waals surface area contributed by atoms with Gasteiger partial charge in [0.25, 0.3) is 11.5 Å². The molecule has 1 amide bonds. The van der Waals surface area contributed by atoms with Gasteiger partial charge in [-0.3, -0.25) is 14.2 Å². The number of para-hydroxylation sites is 1. The number of hydrogen-bond donors (Lipinski definition) is 1. The molecule has 0 atom stereocenters. The van der Waals surface area contributed by atoms with E-state index in [1.807, 2.05) is 37.3 Å². The van der Waals surface area contributed by atoms with Gasteiger partial charge in [-0.2, -0.15) is 5.10 Å². The van der Waals surface area contributed by atoms with Gasteiger partial charge in [0.15, 0.2) is 16.7 Å². The van der Waals surface area contributed by atoms with Gasteiger partial charge in [0.2, 0.25) is 5.75 Å². The normalized spacial score (nSPS) is 11.0. The average Bonchev–Trinajstić information content (AvgIpc) is 2.92. The number of carbonyl (C=O) groups is 1. The van der Waals surface area contributed by atoms with Crippen LogP contribution in [0, 0.1) is 6.92 Å². The minimum Gasteiger partial charge on any atom is -0.493 e. The van der Waals surface area contributed by atoms with E-state index in [0.717, 1.165) is 17.3 Å². The van der Waals surface area contributed by atoms with Crippen LogP contribution in [0.15, 0.2) is 75.7 Å². The molecule has 0 aliphatic carbocycles. The zero-order valence-electron chi connectivity index (χ0n) is 20.8. The number of amides is 1. The van der Waals surface area contributed by atoms with E-state index in [0.29, 0.717) is 44.6 Å². The molecule has 4 rings (SSSR count). The molecule has 0 bridgehead atoms. The van der Waals surface area contributed by atoms with Crippen LogP contribution in [0.2, 0.25) is 0 Å². The summed E-state index contributed by atoms with van der Waals surface area (Å²) in [6.45, 7) is 1.98. The largest absolute Gasteiger partial charge is 0.493 e. The van der Waals surface area contributed by atoms with Gasteiger partial charge in [0, 0.05) is 5.56 Å². The van der Waals surface area contributed by atoms with Crippen molar-refractivity contribution < 1.29 is 19.0 Å². The van der Waals surface area contributed by atoms with Crippen molar-refractivity contribution in [1.29, 1.82) is 0 Å². The molecule has 0 unspecified atom stereocenters. The number of aromatic nitrogens is 2. The monoisotopic (exact) mass is 518 g/mol. The number of carbonyl (C=O) groups excluding carboxylic acids is 1. The molecule has 3 aromatic carbocycles. The Morgan fingerprint density at radius 2 is 1.73 bits per heavy atom. The zero-order chi connectivity index (χ0) is 26.4. The van der Waals surface area contributed by atoms with Crippen molar-refractivity contribution in [2.45, 2.75) is 12.1 Å². The minimum absolute atomic E-state index is 0.00293. The van der Waals surface area contributed by atoms with Crippen molar-refractivity contribution in [3.8, 4) is 22.9 Å². The molecule has 1 heterocycles. The van der Waals surface area contributed by atoms with Crippen LogP contribution >= 0.6 is 11.8 Å². The molecule has 0 fully saturated rings. The first-order valence-electron chi connectivity index (χ1n) is 11.3. The molecule has 1 aromatic heterocycles. The highest BCUT2D eigenvalue weighted by molar-refractivity contribution is 7.99. The lowest BCUT2D eigenvalue weighted by atomic mass is 10.2. The summed E-state index contributed by atoms with van der Waals surface area (Å²) < 4.78 is 17.6. The quantitative estimate of drug-likeness (QED) is 0.155. The summed E-state index contributed by atoms with van der Waals surface area (Å²) in [6.07, 6.45) is 1.46. The molecule has 190 valence electrons. The average molecular weight is 519 g/mol. The molecule has 9 nitrogen and oxygen atoms in total. The Labute approximate surface area is 218 Å². The minimum atomic E-state index is -0.362. The lowest BCUT2D eigenvalue weighted by Gasteiger charge is -2.14. The Hall–Kier alpha value is -4.31. The Bertz CT molecular complexity index is 1520. The smallest absolute Gasteiger partial charge is 0.266 e. The first-order valence-corrected chi connectivity index (χ1v) is 12.3. The lowest BCUT2D eigenvalue weighted by Crippen LogP contribution is -2.24. The molecule has 4 aromatic rings. The van der Waals surface area contributed by atoms with Gasteiger partial charge in [0.05, 0.1) is 49.9 Å². The van der Waals surface area contributed by atoms with Gasteiger partial charge in [-0.05, 0) is 43.3 Å². The van der Waals surface area contributed by atoms with Crippen LogP contribution in [0.25, 0.3) is 16.6 Å².